The summed E-state index contributed by atoms with van der Waals surface area (Å²) in [5, 5.41) is 16.1. The van der Waals surface area contributed by atoms with Crippen molar-refractivity contribution < 1.29 is 14.7 Å². The van der Waals surface area contributed by atoms with Gasteiger partial charge in [-0.1, -0.05) is 6.92 Å². The first-order valence-electron chi connectivity index (χ1n) is 6.74. The Labute approximate surface area is 117 Å². The molecule has 1 aliphatic heterocycles. The number of carbonyl (C=O) groups excluding carboxylic acids is 1. The highest BCUT2D eigenvalue weighted by atomic mass is 16.4. The Morgan fingerprint density at radius 1 is 1.55 bits per heavy atom. The lowest BCUT2D eigenvalue weighted by Crippen LogP contribution is -2.54. The van der Waals surface area contributed by atoms with Crippen LogP contribution in [-0.4, -0.2) is 44.4 Å². The molecular formula is C13H20N4O3. The summed E-state index contributed by atoms with van der Waals surface area (Å²) in [5.74, 6) is -0.959. The Morgan fingerprint density at radius 3 is 2.90 bits per heavy atom. The van der Waals surface area contributed by atoms with Crippen LogP contribution in [0.3, 0.4) is 0 Å². The minimum atomic E-state index is -0.936. The Hall–Kier alpha value is -2.05. The van der Waals surface area contributed by atoms with E-state index in [1.54, 1.807) is 17.9 Å². The van der Waals surface area contributed by atoms with Crippen LogP contribution in [0.4, 0.5) is 4.79 Å². The zero-order chi connectivity index (χ0) is 14.7. The van der Waals surface area contributed by atoms with Gasteiger partial charge < -0.3 is 15.3 Å². The van der Waals surface area contributed by atoms with Crippen molar-refractivity contribution in [3.8, 4) is 0 Å². The molecule has 1 saturated heterocycles. The highest BCUT2D eigenvalue weighted by Crippen LogP contribution is 2.23. The number of hydrogen-bond acceptors (Lipinski definition) is 3. The van der Waals surface area contributed by atoms with E-state index in [1.165, 1.54) is 4.90 Å². The van der Waals surface area contributed by atoms with E-state index in [0.717, 1.165) is 18.4 Å². The van der Waals surface area contributed by atoms with Gasteiger partial charge in [-0.2, -0.15) is 5.10 Å². The average Bonchev–Trinajstić information content (AvgIpc) is 2.81. The summed E-state index contributed by atoms with van der Waals surface area (Å²) in [4.78, 5) is 24.9. The quantitative estimate of drug-likeness (QED) is 0.858. The van der Waals surface area contributed by atoms with Crippen LogP contribution in [0.25, 0.3) is 0 Å². The van der Waals surface area contributed by atoms with Gasteiger partial charge >= 0.3 is 12.0 Å². The lowest BCUT2D eigenvalue weighted by Gasteiger charge is -2.37. The van der Waals surface area contributed by atoms with E-state index in [4.69, 9.17) is 0 Å². The summed E-state index contributed by atoms with van der Waals surface area (Å²) in [6.07, 6.45) is 5.16. The van der Waals surface area contributed by atoms with Gasteiger partial charge in [-0.15, -0.1) is 0 Å². The predicted octanol–water partition coefficient (Wildman–Crippen LogP) is 0.815. The molecule has 0 saturated carbocycles. The number of aryl methyl sites for hydroxylation is 1. The number of aliphatic carboxylic acids is 1. The lowest BCUT2D eigenvalue weighted by atomic mass is 9.91. The third kappa shape index (κ3) is 3.09. The number of carbonyl (C=O) groups is 2. The molecule has 0 aromatic carbocycles. The van der Waals surface area contributed by atoms with E-state index in [0.29, 0.717) is 13.1 Å². The summed E-state index contributed by atoms with van der Waals surface area (Å²) in [6, 6.07) is -1.06. The van der Waals surface area contributed by atoms with E-state index in [1.807, 2.05) is 13.1 Å². The topological polar surface area (TPSA) is 87.5 Å². The maximum absolute atomic E-state index is 12.2. The monoisotopic (exact) mass is 280 g/mol. The van der Waals surface area contributed by atoms with Crippen LogP contribution in [0.5, 0.6) is 0 Å². The zero-order valence-corrected chi connectivity index (χ0v) is 11.7. The van der Waals surface area contributed by atoms with E-state index in [2.05, 4.69) is 10.4 Å². The fraction of sp³-hybridized carbons (Fsp3) is 0.615. The first-order valence-corrected chi connectivity index (χ1v) is 6.74. The largest absolute Gasteiger partial charge is 0.480 e. The van der Waals surface area contributed by atoms with Crippen LogP contribution in [0.15, 0.2) is 12.4 Å². The number of amides is 2. The van der Waals surface area contributed by atoms with Crippen LogP contribution in [0.2, 0.25) is 0 Å². The van der Waals surface area contributed by atoms with Crippen LogP contribution in [-0.2, 0) is 18.4 Å². The fourth-order valence-electron chi connectivity index (χ4n) is 2.63. The van der Waals surface area contributed by atoms with Crippen molar-refractivity contribution in [2.24, 2.45) is 13.0 Å². The van der Waals surface area contributed by atoms with Crippen LogP contribution in [0, 0.1) is 5.92 Å². The number of urea groups is 1. The molecule has 2 N–H and O–H groups in total. The maximum Gasteiger partial charge on any atom is 0.326 e. The zero-order valence-electron chi connectivity index (χ0n) is 11.7. The van der Waals surface area contributed by atoms with Gasteiger partial charge in [0.25, 0.3) is 0 Å². The molecule has 20 heavy (non-hydrogen) atoms. The molecule has 0 bridgehead atoms. The van der Waals surface area contributed by atoms with Crippen molar-refractivity contribution in [2.75, 3.05) is 6.54 Å². The standard InChI is InChI=1S/C13H20N4O3/c1-9-4-3-5-17(11(9)12(18)19)13(20)14-6-10-7-15-16(2)8-10/h7-9,11H,3-6H2,1-2H3,(H,14,20)(H,18,19). The number of nitrogens with one attached hydrogen (secondary N) is 1. The summed E-state index contributed by atoms with van der Waals surface area (Å²) in [6.45, 7) is 2.71. The van der Waals surface area contributed by atoms with Crippen molar-refractivity contribution >= 4 is 12.0 Å². The fourth-order valence-corrected chi connectivity index (χ4v) is 2.63. The molecule has 110 valence electrons. The van der Waals surface area contributed by atoms with Crippen LogP contribution < -0.4 is 5.32 Å². The average molecular weight is 280 g/mol. The Kier molecular flexibility index (Phi) is 4.26. The number of aromatic nitrogens is 2. The van der Waals surface area contributed by atoms with E-state index < -0.39 is 12.0 Å². The Bertz CT molecular complexity index is 500. The van der Waals surface area contributed by atoms with Crippen molar-refractivity contribution in [1.29, 1.82) is 0 Å². The highest BCUT2D eigenvalue weighted by molar-refractivity contribution is 5.83. The van der Waals surface area contributed by atoms with Gasteiger partial charge in [0.1, 0.15) is 6.04 Å². The first kappa shape index (κ1) is 14.4. The second kappa shape index (κ2) is 5.94. The number of nitrogens with zero attached hydrogens (tertiary/aromatic N) is 3. The summed E-state index contributed by atoms with van der Waals surface area (Å²) in [5.41, 5.74) is 0.887. The Balaban J connectivity index is 1.97. The third-order valence-electron chi connectivity index (χ3n) is 3.65. The number of piperidine rings is 1. The van der Waals surface area contributed by atoms with Gasteiger partial charge in [0.2, 0.25) is 0 Å². The number of rotatable bonds is 3. The molecule has 7 nitrogen and oxygen atoms in total. The van der Waals surface area contributed by atoms with Gasteiger partial charge in [0.05, 0.1) is 6.20 Å². The molecule has 1 aromatic heterocycles. The SMILES string of the molecule is CC1CCCN(C(=O)NCc2cnn(C)c2)C1C(=O)O. The molecule has 2 atom stereocenters. The third-order valence-corrected chi connectivity index (χ3v) is 3.65. The smallest absolute Gasteiger partial charge is 0.326 e. The molecule has 2 unspecified atom stereocenters. The minimum absolute atomic E-state index is 0.0228. The number of carboxylic acid groups (broad SMARTS) is 1. The van der Waals surface area contributed by atoms with E-state index in [-0.39, 0.29) is 11.9 Å². The molecule has 1 aromatic rings. The molecule has 1 fully saturated rings. The van der Waals surface area contributed by atoms with Gasteiger partial charge in [0.15, 0.2) is 0 Å². The molecule has 7 heteroatoms. The van der Waals surface area contributed by atoms with Crippen molar-refractivity contribution in [3.05, 3.63) is 18.0 Å². The molecule has 0 spiro atoms. The normalized spacial score (nSPS) is 22.6. The number of likely N-dealkylation sites (tertiary alicyclic amines) is 1. The van der Waals surface area contributed by atoms with Crippen molar-refractivity contribution in [3.63, 3.8) is 0 Å². The first-order chi connectivity index (χ1) is 9.49. The highest BCUT2D eigenvalue weighted by Gasteiger charge is 2.36. The van der Waals surface area contributed by atoms with E-state index >= 15 is 0 Å². The summed E-state index contributed by atoms with van der Waals surface area (Å²) >= 11 is 0. The molecule has 2 rings (SSSR count). The van der Waals surface area contributed by atoms with Gasteiger partial charge in [0, 0.05) is 31.9 Å². The van der Waals surface area contributed by atoms with E-state index in [9.17, 15) is 14.7 Å². The second-order valence-corrected chi connectivity index (χ2v) is 5.28. The Morgan fingerprint density at radius 2 is 2.30 bits per heavy atom. The molecule has 2 amide bonds. The van der Waals surface area contributed by atoms with Crippen molar-refractivity contribution in [2.45, 2.75) is 32.4 Å². The summed E-state index contributed by atoms with van der Waals surface area (Å²) in [7, 11) is 1.80. The molecule has 1 aliphatic rings. The van der Waals surface area contributed by atoms with Gasteiger partial charge in [-0.3, -0.25) is 4.68 Å². The summed E-state index contributed by atoms with van der Waals surface area (Å²) < 4.78 is 1.66. The van der Waals surface area contributed by atoms with Gasteiger partial charge in [-0.05, 0) is 18.8 Å². The van der Waals surface area contributed by atoms with Crippen LogP contribution >= 0.6 is 0 Å². The minimum Gasteiger partial charge on any atom is -0.480 e. The second-order valence-electron chi connectivity index (χ2n) is 5.28. The van der Waals surface area contributed by atoms with Crippen LogP contribution in [0.1, 0.15) is 25.3 Å². The number of carboxylic acids is 1. The molecular weight excluding hydrogens is 260 g/mol. The van der Waals surface area contributed by atoms with Gasteiger partial charge in [-0.25, -0.2) is 9.59 Å². The lowest BCUT2D eigenvalue weighted by molar-refractivity contribution is -0.145. The number of hydrogen-bond donors (Lipinski definition) is 2. The molecule has 2 heterocycles. The molecule has 0 aliphatic carbocycles. The van der Waals surface area contributed by atoms with Crippen molar-refractivity contribution in [1.82, 2.24) is 20.0 Å². The maximum atomic E-state index is 12.2. The predicted molar refractivity (Wildman–Crippen MR) is 72.0 cm³/mol. The molecule has 0 radical (unpaired) electrons.